The van der Waals surface area contributed by atoms with Crippen LogP contribution in [-0.2, 0) is 26.2 Å². The molecule has 7 heteroatoms. The Morgan fingerprint density at radius 3 is 2.70 bits per heavy atom. The molecular weight excluding hydrogens is 269 g/mol. The number of rotatable bonds is 4. The van der Waals surface area contributed by atoms with Crippen molar-refractivity contribution in [2.24, 2.45) is 7.05 Å². The van der Waals surface area contributed by atoms with Gasteiger partial charge in [-0.05, 0) is 18.6 Å². The Morgan fingerprint density at radius 1 is 1.30 bits per heavy atom. The molecule has 20 heavy (non-hydrogen) atoms. The molecule has 2 aromatic rings. The molecule has 0 aliphatic heterocycles. The van der Waals surface area contributed by atoms with Crippen molar-refractivity contribution in [3.63, 3.8) is 0 Å². The topological polar surface area (TPSA) is 42.7 Å². The first-order chi connectivity index (χ1) is 9.40. The summed E-state index contributed by atoms with van der Waals surface area (Å²) in [6, 6.07) is 3.80. The van der Waals surface area contributed by atoms with E-state index >= 15 is 0 Å². The molecule has 2 rings (SSSR count). The van der Waals surface area contributed by atoms with Gasteiger partial charge in [-0.25, -0.2) is 4.98 Å². The van der Waals surface area contributed by atoms with Gasteiger partial charge in [0.15, 0.2) is 0 Å². The van der Waals surface area contributed by atoms with Crippen molar-refractivity contribution >= 4 is 5.82 Å². The molecule has 0 amide bonds. The smallest absolute Gasteiger partial charge is 0.366 e. The van der Waals surface area contributed by atoms with Crippen LogP contribution in [0.25, 0.3) is 0 Å². The van der Waals surface area contributed by atoms with Gasteiger partial charge in [-0.1, -0.05) is 13.0 Å². The molecule has 0 spiro atoms. The lowest BCUT2D eigenvalue weighted by molar-refractivity contribution is -0.141. The third-order valence-electron chi connectivity index (χ3n) is 2.83. The van der Waals surface area contributed by atoms with E-state index < -0.39 is 11.9 Å². The minimum Gasteiger partial charge on any atom is -0.366 e. The number of aryl methyl sites for hydroxylation is 2. The zero-order valence-corrected chi connectivity index (χ0v) is 11.2. The monoisotopic (exact) mass is 284 g/mol. The molecule has 0 saturated heterocycles. The summed E-state index contributed by atoms with van der Waals surface area (Å²) in [5, 5.41) is 7.17. The van der Waals surface area contributed by atoms with E-state index in [0.717, 1.165) is 23.7 Å². The number of aromatic nitrogens is 3. The molecule has 0 unspecified atom stereocenters. The highest BCUT2D eigenvalue weighted by molar-refractivity contribution is 5.37. The number of hydrogen-bond acceptors (Lipinski definition) is 3. The average Bonchev–Trinajstić information content (AvgIpc) is 2.76. The van der Waals surface area contributed by atoms with Gasteiger partial charge in [-0.15, -0.1) is 0 Å². The highest BCUT2D eigenvalue weighted by Crippen LogP contribution is 2.28. The molecule has 0 atom stereocenters. The van der Waals surface area contributed by atoms with E-state index in [9.17, 15) is 13.2 Å². The normalized spacial score (nSPS) is 11.7. The van der Waals surface area contributed by atoms with Crippen molar-refractivity contribution < 1.29 is 13.2 Å². The summed E-state index contributed by atoms with van der Waals surface area (Å²) in [6.45, 7) is 2.37. The molecule has 108 valence electrons. The van der Waals surface area contributed by atoms with E-state index in [4.69, 9.17) is 0 Å². The second kappa shape index (κ2) is 5.52. The van der Waals surface area contributed by atoms with Gasteiger partial charge in [0, 0.05) is 25.4 Å². The maximum atomic E-state index is 12.5. The van der Waals surface area contributed by atoms with Crippen molar-refractivity contribution in [3.8, 4) is 0 Å². The van der Waals surface area contributed by atoms with E-state index in [-0.39, 0.29) is 5.82 Å². The lowest BCUT2D eigenvalue weighted by atomic mass is 10.2. The van der Waals surface area contributed by atoms with Crippen LogP contribution in [0, 0.1) is 0 Å². The summed E-state index contributed by atoms with van der Waals surface area (Å²) >= 11 is 0. The third kappa shape index (κ3) is 3.28. The van der Waals surface area contributed by atoms with Crippen LogP contribution in [0.15, 0.2) is 24.4 Å². The minimum absolute atomic E-state index is 0.200. The Hall–Kier alpha value is -2.05. The highest BCUT2D eigenvalue weighted by Gasteiger charge is 2.32. The van der Waals surface area contributed by atoms with E-state index in [2.05, 4.69) is 15.4 Å². The van der Waals surface area contributed by atoms with Crippen molar-refractivity contribution in [3.05, 3.63) is 41.3 Å². The van der Waals surface area contributed by atoms with Gasteiger partial charge >= 0.3 is 6.18 Å². The number of alkyl halides is 3. The molecule has 0 fully saturated rings. The molecule has 0 bridgehead atoms. The van der Waals surface area contributed by atoms with Crippen LogP contribution < -0.4 is 5.32 Å². The van der Waals surface area contributed by atoms with Crippen molar-refractivity contribution in [2.45, 2.75) is 26.1 Å². The highest BCUT2D eigenvalue weighted by atomic mass is 19.4. The molecule has 2 heterocycles. The second-order valence-corrected chi connectivity index (χ2v) is 4.39. The van der Waals surface area contributed by atoms with E-state index in [1.165, 1.54) is 12.1 Å². The summed E-state index contributed by atoms with van der Waals surface area (Å²) in [6.07, 6.45) is -1.81. The zero-order valence-electron chi connectivity index (χ0n) is 11.2. The summed E-state index contributed by atoms with van der Waals surface area (Å²) in [5.74, 6) is 0.200. The number of halogens is 3. The zero-order chi connectivity index (χ0) is 14.8. The van der Waals surface area contributed by atoms with Crippen LogP contribution >= 0.6 is 0 Å². The number of anilines is 1. The Bertz CT molecular complexity index is 590. The predicted octanol–water partition coefficient (Wildman–Crippen LogP) is 3.01. The van der Waals surface area contributed by atoms with Crippen LogP contribution in [0.5, 0.6) is 0 Å². The summed E-state index contributed by atoms with van der Waals surface area (Å²) < 4.78 is 39.3. The van der Waals surface area contributed by atoms with Gasteiger partial charge in [0.25, 0.3) is 0 Å². The molecule has 0 aliphatic rings. The van der Waals surface area contributed by atoms with Gasteiger partial charge in [0.05, 0.1) is 5.69 Å². The van der Waals surface area contributed by atoms with Crippen LogP contribution in [0.3, 0.4) is 0 Å². The lowest BCUT2D eigenvalue weighted by Gasteiger charge is -2.09. The Labute approximate surface area is 114 Å². The Morgan fingerprint density at radius 2 is 2.05 bits per heavy atom. The summed E-state index contributed by atoms with van der Waals surface area (Å²) in [7, 11) is 1.81. The molecule has 0 radical (unpaired) electrons. The average molecular weight is 284 g/mol. The van der Waals surface area contributed by atoms with Crippen LogP contribution in [0.4, 0.5) is 19.0 Å². The first kappa shape index (κ1) is 14.4. The molecule has 0 saturated carbocycles. The van der Waals surface area contributed by atoms with Crippen molar-refractivity contribution in [2.75, 3.05) is 5.32 Å². The predicted molar refractivity (Wildman–Crippen MR) is 69.2 cm³/mol. The molecule has 0 aromatic carbocycles. The molecule has 1 N–H and O–H groups in total. The fourth-order valence-corrected chi connectivity index (χ4v) is 1.91. The van der Waals surface area contributed by atoms with E-state index in [0.29, 0.717) is 6.54 Å². The third-order valence-corrected chi connectivity index (χ3v) is 2.83. The second-order valence-electron chi connectivity index (χ2n) is 4.39. The van der Waals surface area contributed by atoms with Gasteiger partial charge in [-0.2, -0.15) is 18.3 Å². The number of pyridine rings is 1. The molecular formula is C13H15F3N4. The first-order valence-electron chi connectivity index (χ1n) is 6.19. The molecule has 0 aliphatic carbocycles. The van der Waals surface area contributed by atoms with Crippen LogP contribution in [0.1, 0.15) is 23.9 Å². The van der Waals surface area contributed by atoms with Crippen LogP contribution in [0.2, 0.25) is 0 Å². The largest absolute Gasteiger partial charge is 0.433 e. The quantitative estimate of drug-likeness (QED) is 0.938. The number of nitrogens with one attached hydrogen (secondary N) is 1. The van der Waals surface area contributed by atoms with Gasteiger partial charge in [-0.3, -0.25) is 4.68 Å². The van der Waals surface area contributed by atoms with Gasteiger partial charge in [0.1, 0.15) is 11.5 Å². The Balaban J connectivity index is 2.11. The summed E-state index contributed by atoms with van der Waals surface area (Å²) in [5.41, 5.74) is 0.977. The lowest BCUT2D eigenvalue weighted by Crippen LogP contribution is -2.10. The van der Waals surface area contributed by atoms with Crippen molar-refractivity contribution in [1.29, 1.82) is 0 Å². The first-order valence-corrected chi connectivity index (χ1v) is 6.19. The number of nitrogens with zero attached hydrogens (tertiary/aromatic N) is 3. The standard InChI is InChI=1S/C13H15F3N4/c1-3-10-9(8-20(2)19-10)7-17-12-6-4-5-11(18-12)13(14,15)16/h4-6,8H,3,7H2,1-2H3,(H,17,18). The van der Waals surface area contributed by atoms with Gasteiger partial charge in [0.2, 0.25) is 0 Å². The minimum atomic E-state index is -4.43. The Kier molecular flexibility index (Phi) is 3.96. The van der Waals surface area contributed by atoms with E-state index in [1.807, 2.05) is 20.2 Å². The molecule has 2 aromatic heterocycles. The maximum absolute atomic E-state index is 12.5. The summed E-state index contributed by atoms with van der Waals surface area (Å²) in [4.78, 5) is 3.56. The van der Waals surface area contributed by atoms with Gasteiger partial charge < -0.3 is 5.32 Å². The van der Waals surface area contributed by atoms with Crippen LogP contribution in [-0.4, -0.2) is 14.8 Å². The SMILES string of the molecule is CCc1nn(C)cc1CNc1cccc(C(F)(F)F)n1. The fraction of sp³-hybridized carbons (Fsp3) is 0.385. The van der Waals surface area contributed by atoms with Crippen molar-refractivity contribution in [1.82, 2.24) is 14.8 Å². The maximum Gasteiger partial charge on any atom is 0.433 e. The number of hydrogen-bond donors (Lipinski definition) is 1. The molecule has 4 nitrogen and oxygen atoms in total. The van der Waals surface area contributed by atoms with E-state index in [1.54, 1.807) is 4.68 Å². The fourth-order valence-electron chi connectivity index (χ4n) is 1.91.